The third-order valence-electron chi connectivity index (χ3n) is 5.37. The quantitative estimate of drug-likeness (QED) is 0.820. The predicted molar refractivity (Wildman–Crippen MR) is 105 cm³/mol. The minimum absolute atomic E-state index is 0.0647. The van der Waals surface area contributed by atoms with Gasteiger partial charge in [0, 0.05) is 44.6 Å². The number of carbonyl (C=O) groups excluding carboxylic acids is 1. The molecule has 0 saturated carbocycles. The standard InChI is InChI=1S/C22H28FN3O/c1-16(2)21-15-26(22(27)20-13-24-10-9-17(20)3)12-4-11-25(21)14-18-5-7-19(23)8-6-18/h5-10,13,16,21H,4,11-12,14-15H2,1-3H3/t21-/m1/s1. The van der Waals surface area contributed by atoms with Gasteiger partial charge in [0.2, 0.25) is 0 Å². The van der Waals surface area contributed by atoms with E-state index in [2.05, 4.69) is 23.7 Å². The Balaban J connectivity index is 1.77. The van der Waals surface area contributed by atoms with Crippen LogP contribution < -0.4 is 0 Å². The van der Waals surface area contributed by atoms with Gasteiger partial charge < -0.3 is 4.90 Å². The van der Waals surface area contributed by atoms with Gasteiger partial charge in [0.25, 0.3) is 5.91 Å². The molecule has 0 N–H and O–H groups in total. The first-order valence-corrected chi connectivity index (χ1v) is 9.64. The van der Waals surface area contributed by atoms with Crippen LogP contribution in [0.1, 0.15) is 41.8 Å². The van der Waals surface area contributed by atoms with Crippen LogP contribution in [0.25, 0.3) is 0 Å². The average Bonchev–Trinajstić information content (AvgIpc) is 2.86. The molecule has 5 heteroatoms. The van der Waals surface area contributed by atoms with Crippen LogP contribution >= 0.6 is 0 Å². The minimum atomic E-state index is -0.210. The average molecular weight is 369 g/mol. The highest BCUT2D eigenvalue weighted by atomic mass is 19.1. The first-order chi connectivity index (χ1) is 13.0. The molecule has 1 aromatic carbocycles. The Hall–Kier alpha value is -2.27. The highest BCUT2D eigenvalue weighted by molar-refractivity contribution is 5.95. The zero-order valence-electron chi connectivity index (χ0n) is 16.4. The van der Waals surface area contributed by atoms with Gasteiger partial charge in [-0.25, -0.2) is 4.39 Å². The molecule has 3 rings (SSSR count). The number of pyridine rings is 1. The second-order valence-electron chi connectivity index (χ2n) is 7.70. The molecule has 0 bridgehead atoms. The zero-order chi connectivity index (χ0) is 19.4. The molecule has 0 aliphatic carbocycles. The molecule has 1 amide bonds. The Labute approximate surface area is 161 Å². The van der Waals surface area contributed by atoms with Crippen molar-refractivity contribution in [3.8, 4) is 0 Å². The molecule has 0 unspecified atom stereocenters. The van der Waals surface area contributed by atoms with Crippen molar-refractivity contribution in [2.45, 2.75) is 39.8 Å². The largest absolute Gasteiger partial charge is 0.337 e. The lowest BCUT2D eigenvalue weighted by atomic mass is 10.0. The summed E-state index contributed by atoms with van der Waals surface area (Å²) < 4.78 is 13.2. The summed E-state index contributed by atoms with van der Waals surface area (Å²) in [5.41, 5.74) is 2.75. The smallest absolute Gasteiger partial charge is 0.255 e. The van der Waals surface area contributed by atoms with E-state index in [1.807, 2.05) is 30.0 Å². The van der Waals surface area contributed by atoms with Crippen LogP contribution in [0.4, 0.5) is 4.39 Å². The first kappa shape index (κ1) is 19.5. The monoisotopic (exact) mass is 369 g/mol. The van der Waals surface area contributed by atoms with Crippen molar-refractivity contribution in [1.29, 1.82) is 0 Å². The van der Waals surface area contributed by atoms with Crippen molar-refractivity contribution in [1.82, 2.24) is 14.8 Å². The summed E-state index contributed by atoms with van der Waals surface area (Å²) in [5.74, 6) is 0.266. The number of benzene rings is 1. The molecule has 0 radical (unpaired) electrons. The Morgan fingerprint density at radius 3 is 2.63 bits per heavy atom. The number of hydrogen-bond donors (Lipinski definition) is 0. The van der Waals surface area contributed by atoms with E-state index in [4.69, 9.17) is 0 Å². The third-order valence-corrected chi connectivity index (χ3v) is 5.37. The van der Waals surface area contributed by atoms with Gasteiger partial charge in [-0.15, -0.1) is 0 Å². The normalized spacial score (nSPS) is 18.6. The summed E-state index contributed by atoms with van der Waals surface area (Å²) >= 11 is 0. The molecule has 1 aliphatic heterocycles. The summed E-state index contributed by atoms with van der Waals surface area (Å²) in [6.07, 6.45) is 4.31. The van der Waals surface area contributed by atoms with Gasteiger partial charge in [-0.2, -0.15) is 0 Å². The molecule has 1 atom stereocenters. The molecule has 1 aliphatic rings. The SMILES string of the molecule is Cc1ccncc1C(=O)N1CCCN(Cc2ccc(F)cc2)[C@@H](C(C)C)C1. The van der Waals surface area contributed by atoms with E-state index in [9.17, 15) is 9.18 Å². The van der Waals surface area contributed by atoms with Crippen molar-refractivity contribution in [2.75, 3.05) is 19.6 Å². The minimum Gasteiger partial charge on any atom is -0.337 e. The molecule has 0 spiro atoms. The summed E-state index contributed by atoms with van der Waals surface area (Å²) in [6.45, 7) is 9.50. The van der Waals surface area contributed by atoms with E-state index in [0.717, 1.165) is 37.2 Å². The Morgan fingerprint density at radius 2 is 1.96 bits per heavy atom. The van der Waals surface area contributed by atoms with E-state index >= 15 is 0 Å². The van der Waals surface area contributed by atoms with Gasteiger partial charge in [0.15, 0.2) is 0 Å². The maximum atomic E-state index is 13.2. The maximum Gasteiger partial charge on any atom is 0.255 e. The fraction of sp³-hybridized carbons (Fsp3) is 0.455. The van der Waals surface area contributed by atoms with Crippen LogP contribution in [-0.4, -0.2) is 46.4 Å². The predicted octanol–water partition coefficient (Wildman–Crippen LogP) is 3.90. The highest BCUT2D eigenvalue weighted by Crippen LogP contribution is 2.22. The van der Waals surface area contributed by atoms with Gasteiger partial charge in [-0.05, 0) is 48.6 Å². The van der Waals surface area contributed by atoms with Gasteiger partial charge in [-0.1, -0.05) is 26.0 Å². The molecule has 1 saturated heterocycles. The molecule has 2 heterocycles. The molecule has 1 fully saturated rings. The van der Waals surface area contributed by atoms with Crippen LogP contribution in [0.3, 0.4) is 0 Å². The number of amides is 1. The van der Waals surface area contributed by atoms with E-state index in [1.165, 1.54) is 12.1 Å². The molecular weight excluding hydrogens is 341 g/mol. The Bertz CT molecular complexity index is 775. The first-order valence-electron chi connectivity index (χ1n) is 9.64. The molecule has 2 aromatic rings. The van der Waals surface area contributed by atoms with Crippen molar-refractivity contribution in [2.24, 2.45) is 5.92 Å². The lowest BCUT2D eigenvalue weighted by Gasteiger charge is -2.34. The number of carbonyl (C=O) groups is 1. The second-order valence-corrected chi connectivity index (χ2v) is 7.70. The summed E-state index contributed by atoms with van der Waals surface area (Å²) in [6, 6.07) is 8.86. The molecule has 144 valence electrons. The van der Waals surface area contributed by atoms with Crippen molar-refractivity contribution in [3.05, 3.63) is 65.2 Å². The summed E-state index contributed by atoms with van der Waals surface area (Å²) in [4.78, 5) is 21.6. The van der Waals surface area contributed by atoms with E-state index in [-0.39, 0.29) is 17.8 Å². The fourth-order valence-corrected chi connectivity index (χ4v) is 3.76. The fourth-order valence-electron chi connectivity index (χ4n) is 3.76. The van der Waals surface area contributed by atoms with Crippen LogP contribution in [0.2, 0.25) is 0 Å². The van der Waals surface area contributed by atoms with Crippen LogP contribution in [-0.2, 0) is 6.54 Å². The van der Waals surface area contributed by atoms with E-state index in [0.29, 0.717) is 18.0 Å². The molecule has 4 nitrogen and oxygen atoms in total. The van der Waals surface area contributed by atoms with Crippen molar-refractivity contribution >= 4 is 5.91 Å². The number of rotatable bonds is 4. The van der Waals surface area contributed by atoms with Gasteiger partial charge in [0.1, 0.15) is 5.82 Å². The van der Waals surface area contributed by atoms with Crippen molar-refractivity contribution < 1.29 is 9.18 Å². The Morgan fingerprint density at radius 1 is 1.22 bits per heavy atom. The molecule has 27 heavy (non-hydrogen) atoms. The topological polar surface area (TPSA) is 36.4 Å². The second kappa shape index (κ2) is 8.61. The van der Waals surface area contributed by atoms with Crippen LogP contribution in [0.15, 0.2) is 42.7 Å². The number of aromatic nitrogens is 1. The van der Waals surface area contributed by atoms with Crippen molar-refractivity contribution in [3.63, 3.8) is 0 Å². The zero-order valence-corrected chi connectivity index (χ0v) is 16.4. The lowest BCUT2D eigenvalue weighted by Crippen LogP contribution is -2.45. The number of aryl methyl sites for hydroxylation is 1. The highest BCUT2D eigenvalue weighted by Gasteiger charge is 2.30. The van der Waals surface area contributed by atoms with E-state index in [1.54, 1.807) is 12.4 Å². The maximum absolute atomic E-state index is 13.2. The number of nitrogens with zero attached hydrogens (tertiary/aromatic N) is 3. The third kappa shape index (κ3) is 4.72. The van der Waals surface area contributed by atoms with Crippen LogP contribution in [0, 0.1) is 18.7 Å². The van der Waals surface area contributed by atoms with Crippen LogP contribution in [0.5, 0.6) is 0 Å². The lowest BCUT2D eigenvalue weighted by molar-refractivity contribution is 0.0701. The summed E-state index contributed by atoms with van der Waals surface area (Å²) in [7, 11) is 0. The molecular formula is C22H28FN3O. The van der Waals surface area contributed by atoms with Gasteiger partial charge in [0.05, 0.1) is 5.56 Å². The van der Waals surface area contributed by atoms with E-state index < -0.39 is 0 Å². The number of halogens is 1. The summed E-state index contributed by atoms with van der Waals surface area (Å²) in [5, 5.41) is 0. The number of hydrogen-bond acceptors (Lipinski definition) is 3. The van der Waals surface area contributed by atoms with Gasteiger partial charge in [-0.3, -0.25) is 14.7 Å². The Kier molecular flexibility index (Phi) is 6.22. The molecule has 1 aromatic heterocycles. The van der Waals surface area contributed by atoms with Gasteiger partial charge >= 0.3 is 0 Å².